The summed E-state index contributed by atoms with van der Waals surface area (Å²) in [5.41, 5.74) is -0.946. The molecule has 1 heterocycles. The third kappa shape index (κ3) is 1.74. The van der Waals surface area contributed by atoms with Gasteiger partial charge in [0.1, 0.15) is 5.67 Å². The highest BCUT2D eigenvalue weighted by Gasteiger charge is 2.44. The van der Waals surface area contributed by atoms with Crippen LogP contribution in [0, 0.1) is 5.92 Å². The first-order valence-electron chi connectivity index (χ1n) is 5.63. The SMILES string of the molecule is CC(F)(C1CCCCC1)C1CCN1. The van der Waals surface area contributed by atoms with Crippen LogP contribution >= 0.6 is 0 Å². The predicted molar refractivity (Wildman–Crippen MR) is 52.5 cm³/mol. The molecule has 2 aliphatic rings. The summed E-state index contributed by atoms with van der Waals surface area (Å²) in [5, 5.41) is 3.21. The molecule has 2 unspecified atom stereocenters. The molecule has 2 rings (SSSR count). The average Bonchev–Trinajstić information content (AvgIpc) is 2.02. The molecule has 1 aliphatic heterocycles. The molecular weight excluding hydrogens is 165 g/mol. The average molecular weight is 185 g/mol. The lowest BCUT2D eigenvalue weighted by Gasteiger charge is -2.44. The van der Waals surface area contributed by atoms with Gasteiger partial charge in [0.2, 0.25) is 0 Å². The van der Waals surface area contributed by atoms with Gasteiger partial charge in [-0.15, -0.1) is 0 Å². The van der Waals surface area contributed by atoms with Crippen molar-refractivity contribution in [2.45, 2.75) is 57.2 Å². The highest BCUT2D eigenvalue weighted by atomic mass is 19.1. The molecule has 1 N–H and O–H groups in total. The Balaban J connectivity index is 1.94. The molecule has 1 nitrogen and oxygen atoms in total. The van der Waals surface area contributed by atoms with Crippen molar-refractivity contribution in [3.05, 3.63) is 0 Å². The van der Waals surface area contributed by atoms with Gasteiger partial charge < -0.3 is 5.32 Å². The maximum Gasteiger partial charge on any atom is 0.126 e. The van der Waals surface area contributed by atoms with Crippen molar-refractivity contribution in [2.75, 3.05) is 6.54 Å². The molecule has 76 valence electrons. The summed E-state index contributed by atoms with van der Waals surface area (Å²) < 4.78 is 14.4. The molecule has 0 aromatic carbocycles. The summed E-state index contributed by atoms with van der Waals surface area (Å²) in [4.78, 5) is 0. The molecule has 1 saturated carbocycles. The number of rotatable bonds is 2. The highest BCUT2D eigenvalue weighted by Crippen LogP contribution is 2.39. The van der Waals surface area contributed by atoms with E-state index >= 15 is 0 Å². The molecule has 1 aliphatic carbocycles. The molecular formula is C11H20FN. The second-order valence-electron chi connectivity index (χ2n) is 4.78. The Morgan fingerprint density at radius 1 is 1.15 bits per heavy atom. The van der Waals surface area contributed by atoms with E-state index in [0.29, 0.717) is 5.92 Å². The van der Waals surface area contributed by atoms with E-state index in [4.69, 9.17) is 0 Å². The van der Waals surface area contributed by atoms with Gasteiger partial charge in [-0.2, -0.15) is 0 Å². The van der Waals surface area contributed by atoms with Crippen molar-refractivity contribution in [1.82, 2.24) is 5.32 Å². The van der Waals surface area contributed by atoms with E-state index in [2.05, 4.69) is 5.32 Å². The van der Waals surface area contributed by atoms with E-state index < -0.39 is 5.67 Å². The first-order valence-corrected chi connectivity index (χ1v) is 5.63. The van der Waals surface area contributed by atoms with Gasteiger partial charge in [-0.3, -0.25) is 0 Å². The zero-order valence-corrected chi connectivity index (χ0v) is 8.48. The van der Waals surface area contributed by atoms with Gasteiger partial charge in [-0.05, 0) is 38.6 Å². The standard InChI is InChI=1S/C11H20FN/c1-11(12,10-7-8-13-10)9-5-3-2-4-6-9/h9-10,13H,2-8H2,1H3. The highest BCUT2D eigenvalue weighted by molar-refractivity contribution is 4.99. The van der Waals surface area contributed by atoms with Crippen molar-refractivity contribution < 1.29 is 4.39 Å². The zero-order valence-electron chi connectivity index (χ0n) is 8.48. The van der Waals surface area contributed by atoms with Crippen LogP contribution in [0.4, 0.5) is 4.39 Å². The Morgan fingerprint density at radius 3 is 2.23 bits per heavy atom. The fourth-order valence-electron chi connectivity index (χ4n) is 2.72. The number of alkyl halides is 1. The smallest absolute Gasteiger partial charge is 0.126 e. The van der Waals surface area contributed by atoms with Gasteiger partial charge in [0.15, 0.2) is 0 Å². The van der Waals surface area contributed by atoms with E-state index in [1.165, 1.54) is 19.3 Å². The lowest BCUT2D eigenvalue weighted by Crippen LogP contribution is -2.58. The second-order valence-corrected chi connectivity index (χ2v) is 4.78. The minimum Gasteiger partial charge on any atom is -0.311 e. The summed E-state index contributed by atoms with van der Waals surface area (Å²) in [5.74, 6) is 0.319. The third-order valence-corrected chi connectivity index (χ3v) is 3.91. The van der Waals surface area contributed by atoms with Crippen molar-refractivity contribution in [3.63, 3.8) is 0 Å². The zero-order chi connectivity index (χ0) is 9.31. The first kappa shape index (κ1) is 9.45. The maximum absolute atomic E-state index is 14.4. The second kappa shape index (κ2) is 3.56. The van der Waals surface area contributed by atoms with Gasteiger partial charge in [-0.1, -0.05) is 19.3 Å². The summed E-state index contributed by atoms with van der Waals surface area (Å²) in [6.45, 7) is 2.82. The Hall–Kier alpha value is -0.110. The Morgan fingerprint density at radius 2 is 1.77 bits per heavy atom. The van der Waals surface area contributed by atoms with Gasteiger partial charge >= 0.3 is 0 Å². The largest absolute Gasteiger partial charge is 0.311 e. The maximum atomic E-state index is 14.4. The summed E-state index contributed by atoms with van der Waals surface area (Å²) in [7, 11) is 0. The van der Waals surface area contributed by atoms with Gasteiger partial charge in [0, 0.05) is 6.04 Å². The Labute approximate surface area is 80.1 Å². The molecule has 2 atom stereocenters. The van der Waals surface area contributed by atoms with Crippen LogP contribution in [0.15, 0.2) is 0 Å². The van der Waals surface area contributed by atoms with Crippen molar-refractivity contribution in [2.24, 2.45) is 5.92 Å². The summed E-state index contributed by atoms with van der Waals surface area (Å²) in [6, 6.07) is 0.149. The third-order valence-electron chi connectivity index (χ3n) is 3.91. The number of hydrogen-bond donors (Lipinski definition) is 1. The topological polar surface area (TPSA) is 12.0 Å². The minimum absolute atomic E-state index is 0.149. The molecule has 0 spiro atoms. The Kier molecular flexibility index (Phi) is 2.59. The molecule has 2 heteroatoms. The van der Waals surface area contributed by atoms with Crippen LogP contribution in [-0.4, -0.2) is 18.3 Å². The van der Waals surface area contributed by atoms with E-state index in [1.807, 2.05) is 0 Å². The van der Waals surface area contributed by atoms with E-state index in [0.717, 1.165) is 25.8 Å². The summed E-state index contributed by atoms with van der Waals surface area (Å²) >= 11 is 0. The van der Waals surface area contributed by atoms with Crippen molar-refractivity contribution >= 4 is 0 Å². The lowest BCUT2D eigenvalue weighted by molar-refractivity contribution is 0.0102. The predicted octanol–water partition coefficient (Wildman–Crippen LogP) is 2.66. The van der Waals surface area contributed by atoms with Gasteiger partial charge in [0.05, 0.1) is 0 Å². The fourth-order valence-corrected chi connectivity index (χ4v) is 2.72. The number of hydrogen-bond acceptors (Lipinski definition) is 1. The quantitative estimate of drug-likeness (QED) is 0.697. The van der Waals surface area contributed by atoms with Gasteiger partial charge in [-0.25, -0.2) is 4.39 Å². The molecule has 2 fully saturated rings. The Bertz CT molecular complexity index is 169. The molecule has 0 bridgehead atoms. The molecule has 0 radical (unpaired) electrons. The van der Waals surface area contributed by atoms with Crippen LogP contribution < -0.4 is 5.32 Å². The van der Waals surface area contributed by atoms with Crippen LogP contribution in [0.2, 0.25) is 0 Å². The van der Waals surface area contributed by atoms with Crippen LogP contribution in [0.5, 0.6) is 0 Å². The summed E-state index contributed by atoms with van der Waals surface area (Å²) in [6.07, 6.45) is 7.01. The van der Waals surface area contributed by atoms with Crippen LogP contribution in [0.25, 0.3) is 0 Å². The normalized spacial score (nSPS) is 35.1. The van der Waals surface area contributed by atoms with E-state index in [1.54, 1.807) is 6.92 Å². The molecule has 1 saturated heterocycles. The van der Waals surface area contributed by atoms with Crippen LogP contribution in [0.3, 0.4) is 0 Å². The van der Waals surface area contributed by atoms with Crippen molar-refractivity contribution in [1.29, 1.82) is 0 Å². The molecule has 13 heavy (non-hydrogen) atoms. The molecule has 0 aromatic heterocycles. The van der Waals surface area contributed by atoms with E-state index in [9.17, 15) is 4.39 Å². The number of nitrogens with one attached hydrogen (secondary N) is 1. The van der Waals surface area contributed by atoms with Gasteiger partial charge in [0.25, 0.3) is 0 Å². The molecule has 0 aromatic rings. The van der Waals surface area contributed by atoms with Crippen molar-refractivity contribution in [3.8, 4) is 0 Å². The van der Waals surface area contributed by atoms with E-state index in [-0.39, 0.29) is 6.04 Å². The number of halogens is 1. The fraction of sp³-hybridized carbons (Fsp3) is 1.00. The van der Waals surface area contributed by atoms with Crippen LogP contribution in [0.1, 0.15) is 45.4 Å². The lowest BCUT2D eigenvalue weighted by atomic mass is 9.73. The minimum atomic E-state index is -0.946. The van der Waals surface area contributed by atoms with Crippen LogP contribution in [-0.2, 0) is 0 Å². The monoisotopic (exact) mass is 185 g/mol. The first-order chi connectivity index (χ1) is 6.21. The molecule has 0 amide bonds.